The number of hydrogen-bond donors (Lipinski definition) is 2. The predicted octanol–water partition coefficient (Wildman–Crippen LogP) is -0.811. The number of nitrogens with zero attached hydrogens (tertiary/aromatic N) is 1. The maximum Gasteiger partial charge on any atom is 0.252 e. The van der Waals surface area contributed by atoms with Gasteiger partial charge in [0, 0.05) is 12.3 Å². The lowest BCUT2D eigenvalue weighted by Crippen LogP contribution is -2.37. The SMILES string of the molecule is O=c1ccccn1[C@@H]1O[C@@H]2C(O)[C@]2(O)[C@H]1F. The molecule has 5 atom stereocenters. The first-order valence-electron chi connectivity index (χ1n) is 4.94. The number of hydrogen-bond acceptors (Lipinski definition) is 4. The Morgan fingerprint density at radius 1 is 1.50 bits per heavy atom. The van der Waals surface area contributed by atoms with Crippen LogP contribution in [0.3, 0.4) is 0 Å². The molecule has 1 aromatic heterocycles. The van der Waals surface area contributed by atoms with E-state index in [1.165, 1.54) is 18.3 Å². The van der Waals surface area contributed by atoms with Crippen molar-refractivity contribution in [2.24, 2.45) is 0 Å². The highest BCUT2D eigenvalue weighted by molar-refractivity contribution is 5.25. The lowest BCUT2D eigenvalue weighted by atomic mass is 10.2. The molecule has 5 nitrogen and oxygen atoms in total. The summed E-state index contributed by atoms with van der Waals surface area (Å²) in [5.74, 6) is 0. The van der Waals surface area contributed by atoms with E-state index in [1.807, 2.05) is 0 Å². The van der Waals surface area contributed by atoms with Crippen molar-refractivity contribution in [3.05, 3.63) is 34.7 Å². The average Bonchev–Trinajstić information content (AvgIpc) is 2.66. The lowest BCUT2D eigenvalue weighted by molar-refractivity contribution is -0.0642. The van der Waals surface area contributed by atoms with Crippen LogP contribution in [0.15, 0.2) is 29.2 Å². The molecule has 1 aliphatic carbocycles. The maximum absolute atomic E-state index is 13.8. The molecular formula is C10H10FNO4. The van der Waals surface area contributed by atoms with E-state index in [2.05, 4.69) is 0 Å². The summed E-state index contributed by atoms with van der Waals surface area (Å²) in [4.78, 5) is 11.4. The highest BCUT2D eigenvalue weighted by atomic mass is 19.1. The zero-order chi connectivity index (χ0) is 11.5. The van der Waals surface area contributed by atoms with Gasteiger partial charge in [-0.1, -0.05) is 6.07 Å². The quantitative estimate of drug-likeness (QED) is 0.658. The Kier molecular flexibility index (Phi) is 1.81. The molecule has 0 amide bonds. The van der Waals surface area contributed by atoms with Gasteiger partial charge in [0.25, 0.3) is 5.56 Å². The summed E-state index contributed by atoms with van der Waals surface area (Å²) in [7, 11) is 0. The minimum absolute atomic E-state index is 0.408. The summed E-state index contributed by atoms with van der Waals surface area (Å²) in [6, 6.07) is 4.38. The molecule has 1 aliphatic heterocycles. The molecule has 2 heterocycles. The summed E-state index contributed by atoms with van der Waals surface area (Å²) in [6.07, 6.45) is -3.70. The zero-order valence-electron chi connectivity index (χ0n) is 8.15. The first kappa shape index (κ1) is 9.95. The van der Waals surface area contributed by atoms with Gasteiger partial charge < -0.3 is 14.9 Å². The van der Waals surface area contributed by atoms with E-state index in [0.29, 0.717) is 0 Å². The molecule has 2 aliphatic rings. The van der Waals surface area contributed by atoms with E-state index in [4.69, 9.17) is 4.74 Å². The standard InChI is InChI=1S/C10H10FNO4/c11-6-9(12-4-2-1-3-5(12)13)16-8-7(14)10(6,8)15/h1-4,6-9,14-15H/t6-,7?,8+,9+,10+/m0/s1. The van der Waals surface area contributed by atoms with Crippen molar-refractivity contribution in [1.29, 1.82) is 0 Å². The largest absolute Gasteiger partial charge is 0.387 e. The second-order valence-corrected chi connectivity index (χ2v) is 4.13. The molecule has 3 rings (SSSR count). The van der Waals surface area contributed by atoms with Crippen LogP contribution in [0, 0.1) is 0 Å². The minimum atomic E-state index is -1.85. The van der Waals surface area contributed by atoms with Crippen molar-refractivity contribution >= 4 is 0 Å². The molecule has 0 spiro atoms. The number of ether oxygens (including phenoxy) is 1. The molecule has 1 aromatic rings. The second kappa shape index (κ2) is 2.91. The van der Waals surface area contributed by atoms with Crippen molar-refractivity contribution in [2.75, 3.05) is 0 Å². The molecular weight excluding hydrogens is 217 g/mol. The zero-order valence-corrected chi connectivity index (χ0v) is 8.15. The minimum Gasteiger partial charge on any atom is -0.387 e. The molecule has 2 fully saturated rings. The number of halogens is 1. The Labute approximate surface area is 89.7 Å². The molecule has 6 heteroatoms. The van der Waals surface area contributed by atoms with Crippen LogP contribution in [0.1, 0.15) is 6.23 Å². The monoisotopic (exact) mass is 227 g/mol. The molecule has 1 saturated carbocycles. The summed E-state index contributed by atoms with van der Waals surface area (Å²) < 4.78 is 20.0. The van der Waals surface area contributed by atoms with E-state index in [-0.39, 0.29) is 0 Å². The Morgan fingerprint density at radius 3 is 2.81 bits per heavy atom. The van der Waals surface area contributed by atoms with Gasteiger partial charge in [-0.2, -0.15) is 0 Å². The van der Waals surface area contributed by atoms with Crippen LogP contribution in [0.2, 0.25) is 0 Å². The number of rotatable bonds is 1. The maximum atomic E-state index is 13.8. The van der Waals surface area contributed by atoms with E-state index < -0.39 is 35.8 Å². The van der Waals surface area contributed by atoms with Crippen LogP contribution in [-0.4, -0.2) is 38.8 Å². The van der Waals surface area contributed by atoms with Crippen molar-refractivity contribution in [3.63, 3.8) is 0 Å². The third-order valence-corrected chi connectivity index (χ3v) is 3.21. The Bertz CT molecular complexity index is 490. The molecule has 1 unspecified atom stereocenters. The third-order valence-electron chi connectivity index (χ3n) is 3.21. The summed E-state index contributed by atoms with van der Waals surface area (Å²) >= 11 is 0. The Balaban J connectivity index is 1.96. The number of fused-ring (bicyclic) bond motifs is 1. The summed E-state index contributed by atoms with van der Waals surface area (Å²) in [6.45, 7) is 0. The van der Waals surface area contributed by atoms with Crippen molar-refractivity contribution in [1.82, 2.24) is 4.57 Å². The predicted molar refractivity (Wildman–Crippen MR) is 50.5 cm³/mol. The van der Waals surface area contributed by atoms with E-state index >= 15 is 0 Å². The van der Waals surface area contributed by atoms with E-state index in [9.17, 15) is 19.4 Å². The van der Waals surface area contributed by atoms with Crippen molar-refractivity contribution in [3.8, 4) is 0 Å². The Hall–Kier alpha value is -1.24. The highest BCUT2D eigenvalue weighted by Gasteiger charge is 2.77. The smallest absolute Gasteiger partial charge is 0.252 e. The van der Waals surface area contributed by atoms with Gasteiger partial charge in [0.1, 0.15) is 12.2 Å². The molecule has 0 aromatic carbocycles. The Morgan fingerprint density at radius 2 is 2.25 bits per heavy atom. The number of aliphatic hydroxyl groups is 2. The third kappa shape index (κ3) is 1.01. The number of aliphatic hydroxyl groups excluding tert-OH is 1. The molecule has 16 heavy (non-hydrogen) atoms. The molecule has 0 bridgehead atoms. The topological polar surface area (TPSA) is 71.7 Å². The summed E-state index contributed by atoms with van der Waals surface area (Å²) in [5, 5.41) is 18.9. The van der Waals surface area contributed by atoms with E-state index in [0.717, 1.165) is 4.57 Å². The number of aromatic nitrogens is 1. The van der Waals surface area contributed by atoms with Gasteiger partial charge in [-0.05, 0) is 6.07 Å². The van der Waals surface area contributed by atoms with Gasteiger partial charge >= 0.3 is 0 Å². The second-order valence-electron chi connectivity index (χ2n) is 4.13. The van der Waals surface area contributed by atoms with Gasteiger partial charge in [0.15, 0.2) is 18.0 Å². The number of pyridine rings is 1. The van der Waals surface area contributed by atoms with Crippen molar-refractivity contribution in [2.45, 2.75) is 30.2 Å². The van der Waals surface area contributed by atoms with Gasteiger partial charge in [0.2, 0.25) is 0 Å². The van der Waals surface area contributed by atoms with Crippen LogP contribution < -0.4 is 5.56 Å². The normalized spacial score (nSPS) is 45.4. The van der Waals surface area contributed by atoms with Crippen LogP contribution in [-0.2, 0) is 4.74 Å². The van der Waals surface area contributed by atoms with Gasteiger partial charge in [-0.15, -0.1) is 0 Å². The van der Waals surface area contributed by atoms with Crippen LogP contribution in [0.5, 0.6) is 0 Å². The molecule has 1 saturated heterocycles. The first-order valence-corrected chi connectivity index (χ1v) is 4.94. The molecule has 2 N–H and O–H groups in total. The lowest BCUT2D eigenvalue weighted by Gasteiger charge is -2.20. The molecule has 0 radical (unpaired) electrons. The summed E-state index contributed by atoms with van der Waals surface area (Å²) in [5.41, 5.74) is -2.26. The fraction of sp³-hybridized carbons (Fsp3) is 0.500. The van der Waals surface area contributed by atoms with Crippen LogP contribution in [0.25, 0.3) is 0 Å². The van der Waals surface area contributed by atoms with Gasteiger partial charge in [-0.3, -0.25) is 9.36 Å². The number of alkyl halides is 1. The van der Waals surface area contributed by atoms with Crippen LogP contribution in [0.4, 0.5) is 4.39 Å². The fourth-order valence-corrected chi connectivity index (χ4v) is 2.15. The molecule has 86 valence electrons. The average molecular weight is 227 g/mol. The first-order chi connectivity index (χ1) is 7.56. The van der Waals surface area contributed by atoms with Gasteiger partial charge in [0.05, 0.1) is 0 Å². The van der Waals surface area contributed by atoms with Gasteiger partial charge in [-0.25, -0.2) is 4.39 Å². The van der Waals surface area contributed by atoms with Crippen molar-refractivity contribution < 1.29 is 19.3 Å². The fourth-order valence-electron chi connectivity index (χ4n) is 2.15. The highest BCUT2D eigenvalue weighted by Crippen LogP contribution is 2.54. The van der Waals surface area contributed by atoms with Crippen LogP contribution >= 0.6 is 0 Å². The van der Waals surface area contributed by atoms with E-state index in [1.54, 1.807) is 6.07 Å².